The van der Waals surface area contributed by atoms with Crippen molar-refractivity contribution in [2.45, 2.75) is 51.0 Å². The van der Waals surface area contributed by atoms with E-state index in [1.807, 2.05) is 0 Å². The van der Waals surface area contributed by atoms with Crippen molar-refractivity contribution < 1.29 is 4.74 Å². The van der Waals surface area contributed by atoms with Gasteiger partial charge in [0, 0.05) is 23.6 Å². The fourth-order valence-corrected chi connectivity index (χ4v) is 3.69. The van der Waals surface area contributed by atoms with Crippen LogP contribution in [0.5, 0.6) is 0 Å². The Kier molecular flexibility index (Phi) is 3.34. The van der Waals surface area contributed by atoms with Gasteiger partial charge in [-0.1, -0.05) is 13.8 Å². The Morgan fingerprint density at radius 2 is 2.20 bits per heavy atom. The second-order valence-electron chi connectivity index (χ2n) is 5.88. The zero-order valence-corrected chi connectivity index (χ0v) is 11.0. The van der Waals surface area contributed by atoms with E-state index < -0.39 is 0 Å². The molecule has 88 valence electrons. The number of thioether (sulfide) groups is 1. The zero-order valence-electron chi connectivity index (χ0n) is 10.1. The Hall–Kier alpha value is 0.270. The van der Waals surface area contributed by atoms with Crippen molar-refractivity contribution in [3.8, 4) is 0 Å². The van der Waals surface area contributed by atoms with Crippen molar-refractivity contribution in [3.05, 3.63) is 0 Å². The van der Waals surface area contributed by atoms with E-state index in [0.717, 1.165) is 24.8 Å². The predicted octanol–water partition coefficient (Wildman–Crippen LogP) is 2.63. The van der Waals surface area contributed by atoms with Gasteiger partial charge < -0.3 is 4.74 Å². The molecule has 0 saturated carbocycles. The molecule has 2 atom stereocenters. The lowest BCUT2D eigenvalue weighted by atomic mass is 9.91. The largest absolute Gasteiger partial charge is 0.360 e. The summed E-state index contributed by atoms with van der Waals surface area (Å²) in [7, 11) is 0. The fourth-order valence-electron chi connectivity index (χ4n) is 2.25. The van der Waals surface area contributed by atoms with Crippen LogP contribution in [0.2, 0.25) is 0 Å². The normalized spacial score (nSPS) is 40.6. The monoisotopic (exact) mass is 229 g/mol. The van der Waals surface area contributed by atoms with E-state index in [4.69, 9.17) is 4.74 Å². The molecule has 2 heterocycles. The summed E-state index contributed by atoms with van der Waals surface area (Å²) in [6.07, 6.45) is 3.92. The summed E-state index contributed by atoms with van der Waals surface area (Å²) in [4.78, 5) is 0. The van der Waals surface area contributed by atoms with Crippen LogP contribution in [0.3, 0.4) is 0 Å². The van der Waals surface area contributed by atoms with Crippen LogP contribution >= 0.6 is 11.8 Å². The van der Waals surface area contributed by atoms with E-state index in [2.05, 4.69) is 37.8 Å². The standard InChI is InChI=1S/C12H23NOS/c1-11(2)8-13-12(3,14-9-11)7-10-5-4-6-15-10/h10,13H,4-9H2,1-3H3. The lowest BCUT2D eigenvalue weighted by molar-refractivity contribution is -0.129. The number of nitrogens with one attached hydrogen (secondary N) is 1. The highest BCUT2D eigenvalue weighted by Gasteiger charge is 2.37. The molecule has 2 saturated heterocycles. The molecule has 0 amide bonds. The SMILES string of the molecule is CC1(C)CNC(C)(CC2CCCS2)OC1. The van der Waals surface area contributed by atoms with Gasteiger partial charge in [0.05, 0.1) is 6.61 Å². The molecule has 2 aliphatic rings. The van der Waals surface area contributed by atoms with Gasteiger partial charge in [-0.15, -0.1) is 0 Å². The van der Waals surface area contributed by atoms with Gasteiger partial charge in [-0.05, 0) is 25.5 Å². The van der Waals surface area contributed by atoms with Gasteiger partial charge in [0.25, 0.3) is 0 Å². The zero-order chi connectivity index (χ0) is 10.9. The topological polar surface area (TPSA) is 21.3 Å². The maximum Gasteiger partial charge on any atom is 0.117 e. The summed E-state index contributed by atoms with van der Waals surface area (Å²) < 4.78 is 6.02. The summed E-state index contributed by atoms with van der Waals surface area (Å²) in [5.74, 6) is 1.34. The summed E-state index contributed by atoms with van der Waals surface area (Å²) >= 11 is 2.11. The smallest absolute Gasteiger partial charge is 0.117 e. The van der Waals surface area contributed by atoms with Crippen LogP contribution in [0.25, 0.3) is 0 Å². The third-order valence-corrected chi connectivity index (χ3v) is 4.76. The molecule has 2 nitrogen and oxygen atoms in total. The molecule has 0 aliphatic carbocycles. The summed E-state index contributed by atoms with van der Waals surface area (Å²) in [5, 5.41) is 4.39. The third-order valence-electron chi connectivity index (χ3n) is 3.36. The van der Waals surface area contributed by atoms with E-state index in [1.165, 1.54) is 18.6 Å². The molecule has 0 radical (unpaired) electrons. The van der Waals surface area contributed by atoms with Crippen molar-refractivity contribution in [1.82, 2.24) is 5.32 Å². The van der Waals surface area contributed by atoms with Crippen LogP contribution in [0.15, 0.2) is 0 Å². The van der Waals surface area contributed by atoms with E-state index in [9.17, 15) is 0 Å². The van der Waals surface area contributed by atoms with E-state index in [0.29, 0.717) is 5.41 Å². The molecule has 0 bridgehead atoms. The molecular weight excluding hydrogens is 206 g/mol. The first-order valence-corrected chi connectivity index (χ1v) is 7.05. The quantitative estimate of drug-likeness (QED) is 0.786. The summed E-state index contributed by atoms with van der Waals surface area (Å²) in [6, 6.07) is 0. The molecule has 2 aliphatic heterocycles. The minimum atomic E-state index is -0.0719. The first-order valence-electron chi connectivity index (χ1n) is 6.00. The molecule has 3 heteroatoms. The van der Waals surface area contributed by atoms with Gasteiger partial charge in [0.2, 0.25) is 0 Å². The van der Waals surface area contributed by atoms with Gasteiger partial charge >= 0.3 is 0 Å². The van der Waals surface area contributed by atoms with Crippen molar-refractivity contribution >= 4 is 11.8 Å². The fraction of sp³-hybridized carbons (Fsp3) is 1.00. The van der Waals surface area contributed by atoms with E-state index >= 15 is 0 Å². The third kappa shape index (κ3) is 3.11. The molecule has 2 fully saturated rings. The average Bonchev–Trinajstić information content (AvgIpc) is 2.64. The van der Waals surface area contributed by atoms with E-state index in [-0.39, 0.29) is 5.72 Å². The minimum absolute atomic E-state index is 0.0719. The molecule has 0 aromatic rings. The minimum Gasteiger partial charge on any atom is -0.360 e. The molecule has 1 N–H and O–H groups in total. The Balaban J connectivity index is 1.85. The molecule has 2 unspecified atom stereocenters. The highest BCUT2D eigenvalue weighted by molar-refractivity contribution is 8.00. The number of hydrogen-bond donors (Lipinski definition) is 1. The van der Waals surface area contributed by atoms with Crippen LogP contribution in [0.4, 0.5) is 0 Å². The lowest BCUT2D eigenvalue weighted by Crippen LogP contribution is -2.56. The van der Waals surface area contributed by atoms with Crippen molar-refractivity contribution in [3.63, 3.8) is 0 Å². The van der Waals surface area contributed by atoms with Gasteiger partial charge in [-0.2, -0.15) is 11.8 Å². The number of rotatable bonds is 2. The van der Waals surface area contributed by atoms with Gasteiger partial charge in [-0.25, -0.2) is 0 Å². The van der Waals surface area contributed by atoms with Gasteiger partial charge in [0.1, 0.15) is 5.72 Å². The van der Waals surface area contributed by atoms with Crippen LogP contribution in [0.1, 0.15) is 40.0 Å². The number of ether oxygens (including phenoxy) is 1. The molecule has 0 aromatic heterocycles. The van der Waals surface area contributed by atoms with E-state index in [1.54, 1.807) is 0 Å². The molecule has 0 spiro atoms. The first-order chi connectivity index (χ1) is 6.99. The van der Waals surface area contributed by atoms with Crippen LogP contribution < -0.4 is 5.32 Å². The highest BCUT2D eigenvalue weighted by Crippen LogP contribution is 2.35. The van der Waals surface area contributed by atoms with Crippen LogP contribution in [-0.2, 0) is 4.74 Å². The molecule has 15 heavy (non-hydrogen) atoms. The second kappa shape index (κ2) is 4.27. The van der Waals surface area contributed by atoms with Gasteiger partial charge in [0.15, 0.2) is 0 Å². The Morgan fingerprint density at radius 3 is 2.73 bits per heavy atom. The summed E-state index contributed by atoms with van der Waals surface area (Å²) in [5.41, 5.74) is 0.222. The maximum atomic E-state index is 6.02. The average molecular weight is 229 g/mol. The second-order valence-corrected chi connectivity index (χ2v) is 7.28. The first kappa shape index (κ1) is 11.7. The van der Waals surface area contributed by atoms with Crippen molar-refractivity contribution in [2.75, 3.05) is 18.9 Å². The molecular formula is C12H23NOS. The number of hydrogen-bond acceptors (Lipinski definition) is 3. The lowest BCUT2D eigenvalue weighted by Gasteiger charge is -2.43. The Bertz CT molecular complexity index is 214. The van der Waals surface area contributed by atoms with Crippen LogP contribution in [0, 0.1) is 5.41 Å². The Labute approximate surface area is 97.5 Å². The van der Waals surface area contributed by atoms with Gasteiger partial charge in [-0.3, -0.25) is 5.32 Å². The summed E-state index contributed by atoms with van der Waals surface area (Å²) in [6.45, 7) is 8.67. The molecule has 0 aromatic carbocycles. The van der Waals surface area contributed by atoms with Crippen molar-refractivity contribution in [1.29, 1.82) is 0 Å². The van der Waals surface area contributed by atoms with Crippen LogP contribution in [-0.4, -0.2) is 29.9 Å². The highest BCUT2D eigenvalue weighted by atomic mass is 32.2. The molecule has 2 rings (SSSR count). The Morgan fingerprint density at radius 1 is 1.40 bits per heavy atom. The predicted molar refractivity (Wildman–Crippen MR) is 66.2 cm³/mol. The maximum absolute atomic E-state index is 6.02. The van der Waals surface area contributed by atoms with Crippen molar-refractivity contribution in [2.24, 2.45) is 5.41 Å².